The molecule has 1 amide bonds. The number of carbonyl (C=O) groups is 1. The number of nitrogens with zero attached hydrogens (tertiary/aromatic N) is 2. The van der Waals surface area contributed by atoms with E-state index in [1.807, 2.05) is 11.9 Å². The maximum Gasteiger partial charge on any atom is 0.419 e. The van der Waals surface area contributed by atoms with Gasteiger partial charge < -0.3 is 10.0 Å². The van der Waals surface area contributed by atoms with Gasteiger partial charge in [0.2, 0.25) is 0 Å². The predicted octanol–water partition coefficient (Wildman–Crippen LogP) is 3.52. The number of likely N-dealkylation sites (N-methyl/N-ethyl adjacent to an activating group) is 1. The lowest BCUT2D eigenvalue weighted by Crippen LogP contribution is -2.54. The van der Waals surface area contributed by atoms with E-state index in [4.69, 9.17) is 0 Å². The summed E-state index contributed by atoms with van der Waals surface area (Å²) in [5.41, 5.74) is -2.12. The first-order valence-corrected chi connectivity index (χ1v) is 7.73. The SMILES string of the molecule is CN1CCC1CN(C(=O)O)C1(c2ccc(F)c(C(F)(F)F)c2)CC1. The zero-order valence-corrected chi connectivity index (χ0v) is 13.1. The molecule has 1 aromatic carbocycles. The summed E-state index contributed by atoms with van der Waals surface area (Å²) in [6.45, 7) is 1.12. The fourth-order valence-corrected chi connectivity index (χ4v) is 3.31. The van der Waals surface area contributed by atoms with Crippen LogP contribution in [0.4, 0.5) is 22.4 Å². The Hall–Kier alpha value is -1.83. The number of carboxylic acid groups (broad SMARTS) is 1. The molecule has 0 spiro atoms. The summed E-state index contributed by atoms with van der Waals surface area (Å²) in [7, 11) is 1.88. The topological polar surface area (TPSA) is 43.8 Å². The van der Waals surface area contributed by atoms with Crippen LogP contribution in [0.25, 0.3) is 0 Å². The van der Waals surface area contributed by atoms with E-state index in [-0.39, 0.29) is 18.2 Å². The number of benzene rings is 1. The first-order chi connectivity index (χ1) is 11.1. The maximum absolute atomic E-state index is 13.5. The third kappa shape index (κ3) is 2.83. The van der Waals surface area contributed by atoms with Crippen molar-refractivity contribution in [1.29, 1.82) is 0 Å². The minimum atomic E-state index is -4.81. The Morgan fingerprint density at radius 3 is 2.50 bits per heavy atom. The molecule has 2 fully saturated rings. The molecule has 0 radical (unpaired) electrons. The number of rotatable bonds is 4. The number of hydrogen-bond acceptors (Lipinski definition) is 2. The second-order valence-electron chi connectivity index (χ2n) is 6.54. The molecule has 1 saturated heterocycles. The van der Waals surface area contributed by atoms with Gasteiger partial charge in [0.05, 0.1) is 11.1 Å². The molecular formula is C16H18F4N2O2. The smallest absolute Gasteiger partial charge is 0.419 e. The van der Waals surface area contributed by atoms with Gasteiger partial charge in [-0.15, -0.1) is 0 Å². The van der Waals surface area contributed by atoms with Gasteiger partial charge in [0, 0.05) is 12.6 Å². The Balaban J connectivity index is 1.93. The van der Waals surface area contributed by atoms with E-state index in [1.54, 1.807) is 0 Å². The molecule has 3 rings (SSSR count). The maximum atomic E-state index is 13.5. The predicted molar refractivity (Wildman–Crippen MR) is 78.1 cm³/mol. The molecule has 1 N–H and O–H groups in total. The van der Waals surface area contributed by atoms with Crippen LogP contribution in [0, 0.1) is 5.82 Å². The molecule has 0 bridgehead atoms. The quantitative estimate of drug-likeness (QED) is 0.849. The molecular weight excluding hydrogens is 328 g/mol. The zero-order valence-electron chi connectivity index (χ0n) is 13.1. The monoisotopic (exact) mass is 346 g/mol. The summed E-state index contributed by atoms with van der Waals surface area (Å²) in [6, 6.07) is 2.86. The molecule has 24 heavy (non-hydrogen) atoms. The van der Waals surface area contributed by atoms with E-state index in [9.17, 15) is 27.5 Å². The van der Waals surface area contributed by atoms with Gasteiger partial charge in [-0.2, -0.15) is 13.2 Å². The van der Waals surface area contributed by atoms with Crippen molar-refractivity contribution in [3.63, 3.8) is 0 Å². The van der Waals surface area contributed by atoms with Gasteiger partial charge in [-0.3, -0.25) is 4.90 Å². The van der Waals surface area contributed by atoms with Gasteiger partial charge in [0.1, 0.15) is 5.82 Å². The van der Waals surface area contributed by atoms with Crippen LogP contribution < -0.4 is 0 Å². The van der Waals surface area contributed by atoms with Crippen LogP contribution in [0.2, 0.25) is 0 Å². The average molecular weight is 346 g/mol. The van der Waals surface area contributed by atoms with Crippen molar-refractivity contribution >= 4 is 6.09 Å². The second kappa shape index (κ2) is 5.61. The molecule has 4 nitrogen and oxygen atoms in total. The lowest BCUT2D eigenvalue weighted by Gasteiger charge is -2.42. The van der Waals surface area contributed by atoms with Crippen LogP contribution in [0.15, 0.2) is 18.2 Å². The largest absolute Gasteiger partial charge is 0.465 e. The van der Waals surface area contributed by atoms with Crippen molar-refractivity contribution in [2.45, 2.75) is 37.0 Å². The first-order valence-electron chi connectivity index (χ1n) is 7.73. The van der Waals surface area contributed by atoms with E-state index >= 15 is 0 Å². The van der Waals surface area contributed by atoms with Crippen LogP contribution in [0.1, 0.15) is 30.4 Å². The van der Waals surface area contributed by atoms with Gasteiger partial charge >= 0.3 is 12.3 Å². The molecule has 1 aliphatic heterocycles. The van der Waals surface area contributed by atoms with Crippen molar-refractivity contribution < 1.29 is 27.5 Å². The van der Waals surface area contributed by atoms with Crippen molar-refractivity contribution in [3.05, 3.63) is 35.1 Å². The second-order valence-corrected chi connectivity index (χ2v) is 6.54. The van der Waals surface area contributed by atoms with Crippen molar-refractivity contribution in [2.24, 2.45) is 0 Å². The molecule has 1 atom stereocenters. The summed E-state index contributed by atoms with van der Waals surface area (Å²) in [4.78, 5) is 14.9. The van der Waals surface area contributed by atoms with E-state index in [0.717, 1.165) is 25.1 Å². The minimum absolute atomic E-state index is 0.0705. The number of halogens is 4. The Labute approximate surface area is 136 Å². The summed E-state index contributed by atoms with van der Waals surface area (Å²) < 4.78 is 52.3. The van der Waals surface area contributed by atoms with Gasteiger partial charge in [0.25, 0.3) is 0 Å². The van der Waals surface area contributed by atoms with Gasteiger partial charge in [-0.25, -0.2) is 9.18 Å². The summed E-state index contributed by atoms with van der Waals surface area (Å²) in [5.74, 6) is -1.34. The molecule has 1 saturated carbocycles. The molecule has 2 aliphatic rings. The van der Waals surface area contributed by atoms with Crippen molar-refractivity contribution in [3.8, 4) is 0 Å². The van der Waals surface area contributed by atoms with E-state index in [2.05, 4.69) is 0 Å². The highest BCUT2D eigenvalue weighted by Gasteiger charge is 2.53. The lowest BCUT2D eigenvalue weighted by atomic mass is 9.97. The molecule has 1 heterocycles. The highest BCUT2D eigenvalue weighted by Crippen LogP contribution is 2.52. The van der Waals surface area contributed by atoms with Crippen LogP contribution >= 0.6 is 0 Å². The van der Waals surface area contributed by atoms with Crippen molar-refractivity contribution in [1.82, 2.24) is 9.80 Å². The number of hydrogen-bond donors (Lipinski definition) is 1. The molecule has 1 aromatic rings. The third-order valence-electron chi connectivity index (χ3n) is 5.11. The summed E-state index contributed by atoms with van der Waals surface area (Å²) in [5, 5.41) is 9.56. The zero-order chi connectivity index (χ0) is 17.7. The number of amides is 1. The van der Waals surface area contributed by atoms with Gasteiger partial charge in [-0.1, -0.05) is 6.07 Å². The lowest BCUT2D eigenvalue weighted by molar-refractivity contribution is -0.140. The normalized spacial score (nSPS) is 22.8. The summed E-state index contributed by atoms with van der Waals surface area (Å²) in [6.07, 6.45) is -4.23. The Bertz CT molecular complexity index is 658. The van der Waals surface area contributed by atoms with E-state index in [1.165, 1.54) is 11.0 Å². The van der Waals surface area contributed by atoms with Crippen LogP contribution in [-0.4, -0.2) is 47.2 Å². The van der Waals surface area contributed by atoms with Crippen LogP contribution in [0.3, 0.4) is 0 Å². The molecule has 8 heteroatoms. The molecule has 132 valence electrons. The van der Waals surface area contributed by atoms with Gasteiger partial charge in [-0.05, 0) is 50.6 Å². The Morgan fingerprint density at radius 2 is 2.08 bits per heavy atom. The average Bonchev–Trinajstić information content (AvgIpc) is 3.26. The fourth-order valence-electron chi connectivity index (χ4n) is 3.31. The number of alkyl halides is 3. The molecule has 1 aliphatic carbocycles. The van der Waals surface area contributed by atoms with Crippen molar-refractivity contribution in [2.75, 3.05) is 20.1 Å². The Kier molecular flexibility index (Phi) is 3.98. The van der Waals surface area contributed by atoms with E-state index in [0.29, 0.717) is 12.8 Å². The fraction of sp³-hybridized carbons (Fsp3) is 0.562. The first kappa shape index (κ1) is 17.0. The van der Waals surface area contributed by atoms with Gasteiger partial charge in [0.15, 0.2) is 0 Å². The number of likely N-dealkylation sites (tertiary alicyclic amines) is 1. The van der Waals surface area contributed by atoms with E-state index < -0.39 is 29.2 Å². The molecule has 0 aromatic heterocycles. The highest BCUT2D eigenvalue weighted by atomic mass is 19.4. The third-order valence-corrected chi connectivity index (χ3v) is 5.11. The summed E-state index contributed by atoms with van der Waals surface area (Å²) >= 11 is 0. The Morgan fingerprint density at radius 1 is 1.42 bits per heavy atom. The van der Waals surface area contributed by atoms with Crippen LogP contribution in [-0.2, 0) is 11.7 Å². The standard InChI is InChI=1S/C16H18F4N2O2/c1-21-7-4-11(21)9-22(14(23)24)15(5-6-15)10-2-3-13(17)12(8-10)16(18,19)20/h2-3,8,11H,4-7,9H2,1H3,(H,23,24). The highest BCUT2D eigenvalue weighted by molar-refractivity contribution is 5.68. The van der Waals surface area contributed by atoms with Crippen LogP contribution in [0.5, 0.6) is 0 Å². The minimum Gasteiger partial charge on any atom is -0.465 e. The molecule has 1 unspecified atom stereocenters.